The Morgan fingerprint density at radius 3 is 2.43 bits per heavy atom. The molecule has 0 aliphatic carbocycles. The van der Waals surface area contributed by atoms with Crippen LogP contribution in [0.1, 0.15) is 31.1 Å². The summed E-state index contributed by atoms with van der Waals surface area (Å²) in [6.07, 6.45) is 0. The molecular weight excluding hydrogens is 382 g/mol. The lowest BCUT2D eigenvalue weighted by molar-refractivity contribution is -0.170. The molecule has 2 fully saturated rings. The van der Waals surface area contributed by atoms with Crippen LogP contribution in [0.5, 0.6) is 0 Å². The zero-order chi connectivity index (χ0) is 21.0. The molecule has 1 aromatic carbocycles. The Bertz CT molecular complexity index is 884. The van der Waals surface area contributed by atoms with Crippen LogP contribution in [0.25, 0.3) is 0 Å². The molecule has 2 saturated heterocycles. The summed E-state index contributed by atoms with van der Waals surface area (Å²) >= 11 is 1.22. The van der Waals surface area contributed by atoms with Crippen molar-refractivity contribution >= 4 is 41.0 Å². The van der Waals surface area contributed by atoms with Crippen LogP contribution in [-0.2, 0) is 14.4 Å². The van der Waals surface area contributed by atoms with Gasteiger partial charge < -0.3 is 20.2 Å². The van der Waals surface area contributed by atoms with Gasteiger partial charge in [-0.3, -0.25) is 14.4 Å². The summed E-state index contributed by atoms with van der Waals surface area (Å²) in [5.74, 6) is -2.86. The zero-order valence-electron chi connectivity index (χ0n) is 16.3. The molecule has 0 saturated carbocycles. The molecule has 3 rings (SSSR count). The number of anilines is 1. The van der Waals surface area contributed by atoms with E-state index in [0.29, 0.717) is 5.56 Å². The van der Waals surface area contributed by atoms with E-state index in [4.69, 9.17) is 0 Å². The molecule has 8 nitrogen and oxygen atoms in total. The average molecular weight is 405 g/mol. The van der Waals surface area contributed by atoms with Gasteiger partial charge in [0, 0.05) is 30.1 Å². The maximum Gasteiger partial charge on any atom is 0.327 e. The number of thioether (sulfide) groups is 1. The molecule has 2 aliphatic rings. The quantitative estimate of drug-likeness (QED) is 0.555. The van der Waals surface area contributed by atoms with E-state index in [0.717, 1.165) is 5.69 Å². The first-order valence-electron chi connectivity index (χ1n) is 8.78. The van der Waals surface area contributed by atoms with Crippen LogP contribution >= 0.6 is 11.8 Å². The Hall–Kier alpha value is -2.55. The first kappa shape index (κ1) is 20.2. The van der Waals surface area contributed by atoms with Crippen molar-refractivity contribution in [1.29, 1.82) is 0 Å². The van der Waals surface area contributed by atoms with Gasteiger partial charge in [0.15, 0.2) is 5.78 Å². The van der Waals surface area contributed by atoms with Gasteiger partial charge in [-0.2, -0.15) is 0 Å². The highest BCUT2D eigenvalue weighted by Crippen LogP contribution is 2.55. The third-order valence-corrected chi connectivity index (χ3v) is 6.91. The van der Waals surface area contributed by atoms with Crippen LogP contribution in [0, 0.1) is 0 Å². The molecule has 1 aromatic rings. The fraction of sp³-hybridized carbons (Fsp3) is 0.474. The number of rotatable bonds is 5. The SMILES string of the molecule is CC(=O)[C@]1(NC(=O)c2cccc(N(C)C)c2)C(=O)N2[C@@H](C(=O)O)C(C)(C)S[C@@H]21. The number of benzene rings is 1. The lowest BCUT2D eigenvalue weighted by Crippen LogP contribution is -2.82. The number of hydrogen-bond acceptors (Lipinski definition) is 6. The molecule has 2 heterocycles. The number of nitrogens with zero attached hydrogens (tertiary/aromatic N) is 2. The molecule has 3 atom stereocenters. The molecule has 0 spiro atoms. The number of carbonyl (C=O) groups excluding carboxylic acids is 3. The van der Waals surface area contributed by atoms with Crippen molar-refractivity contribution in [2.45, 2.75) is 42.5 Å². The minimum atomic E-state index is -1.75. The number of amides is 2. The second kappa shape index (κ2) is 6.51. The highest BCUT2D eigenvalue weighted by atomic mass is 32.2. The molecule has 150 valence electrons. The molecule has 28 heavy (non-hydrogen) atoms. The molecule has 0 unspecified atom stereocenters. The third kappa shape index (κ3) is 2.76. The van der Waals surface area contributed by atoms with Crippen LogP contribution in [0.4, 0.5) is 5.69 Å². The molecule has 2 aliphatic heterocycles. The average Bonchev–Trinajstić information content (AvgIpc) is 2.87. The number of aliphatic carboxylic acids is 1. The summed E-state index contributed by atoms with van der Waals surface area (Å²) in [5, 5.41) is 11.4. The van der Waals surface area contributed by atoms with Crippen molar-refractivity contribution in [2.75, 3.05) is 19.0 Å². The second-order valence-corrected chi connectivity index (χ2v) is 9.52. The van der Waals surface area contributed by atoms with E-state index in [1.165, 1.54) is 23.6 Å². The van der Waals surface area contributed by atoms with Crippen molar-refractivity contribution in [3.8, 4) is 0 Å². The molecule has 0 aromatic heterocycles. The van der Waals surface area contributed by atoms with Gasteiger partial charge in [0.25, 0.3) is 11.8 Å². The molecule has 0 bridgehead atoms. The van der Waals surface area contributed by atoms with Crippen LogP contribution in [0.3, 0.4) is 0 Å². The largest absolute Gasteiger partial charge is 0.480 e. The summed E-state index contributed by atoms with van der Waals surface area (Å²) in [6, 6.07) is 5.75. The van der Waals surface area contributed by atoms with Crippen molar-refractivity contribution in [3.63, 3.8) is 0 Å². The molecule has 2 N–H and O–H groups in total. The maximum absolute atomic E-state index is 13.0. The van der Waals surface area contributed by atoms with E-state index in [2.05, 4.69) is 5.32 Å². The van der Waals surface area contributed by atoms with Gasteiger partial charge in [-0.25, -0.2) is 4.79 Å². The number of nitrogens with one attached hydrogen (secondary N) is 1. The van der Waals surface area contributed by atoms with E-state index in [-0.39, 0.29) is 0 Å². The number of carboxylic acid groups (broad SMARTS) is 1. The maximum atomic E-state index is 13.0. The zero-order valence-corrected chi connectivity index (χ0v) is 17.2. The summed E-state index contributed by atoms with van der Waals surface area (Å²) < 4.78 is -0.793. The molecule has 2 amide bonds. The highest BCUT2D eigenvalue weighted by Gasteiger charge is 2.74. The Morgan fingerprint density at radius 1 is 1.25 bits per heavy atom. The normalized spacial score (nSPS) is 27.6. The lowest BCUT2D eigenvalue weighted by Gasteiger charge is -2.51. The number of carboxylic acids is 1. The number of Topliss-reactive ketones (excluding diaryl/α,β-unsaturated/α-hetero) is 1. The van der Waals surface area contributed by atoms with E-state index in [1.54, 1.807) is 32.0 Å². The smallest absolute Gasteiger partial charge is 0.327 e. The Morgan fingerprint density at radius 2 is 1.89 bits per heavy atom. The Kier molecular flexibility index (Phi) is 4.69. The third-order valence-electron chi connectivity index (χ3n) is 5.27. The minimum absolute atomic E-state index is 0.315. The van der Waals surface area contributed by atoms with E-state index < -0.39 is 45.3 Å². The fourth-order valence-corrected chi connectivity index (χ4v) is 5.52. The molecule has 0 radical (unpaired) electrons. The Labute approximate surface area is 167 Å². The summed E-state index contributed by atoms with van der Waals surface area (Å²) in [6.45, 7) is 4.68. The summed E-state index contributed by atoms with van der Waals surface area (Å²) in [4.78, 5) is 53.0. The Balaban J connectivity index is 1.94. The van der Waals surface area contributed by atoms with E-state index >= 15 is 0 Å². The molecule has 9 heteroatoms. The van der Waals surface area contributed by atoms with Crippen LogP contribution in [0.2, 0.25) is 0 Å². The van der Waals surface area contributed by atoms with Gasteiger partial charge >= 0.3 is 5.97 Å². The number of ketones is 1. The number of hydrogen-bond donors (Lipinski definition) is 2. The van der Waals surface area contributed by atoms with Gasteiger partial charge in [0.1, 0.15) is 11.4 Å². The van der Waals surface area contributed by atoms with Gasteiger partial charge in [-0.1, -0.05) is 6.07 Å². The van der Waals surface area contributed by atoms with Gasteiger partial charge in [-0.15, -0.1) is 11.8 Å². The van der Waals surface area contributed by atoms with Gasteiger partial charge in [-0.05, 0) is 39.0 Å². The summed E-state index contributed by atoms with van der Waals surface area (Å²) in [7, 11) is 3.68. The van der Waals surface area contributed by atoms with Crippen molar-refractivity contribution in [1.82, 2.24) is 10.2 Å². The van der Waals surface area contributed by atoms with E-state index in [1.807, 2.05) is 25.1 Å². The summed E-state index contributed by atoms with van der Waals surface area (Å²) in [5.41, 5.74) is -0.638. The van der Waals surface area contributed by atoms with Crippen molar-refractivity contribution in [2.24, 2.45) is 0 Å². The molecular formula is C19H23N3O5S. The van der Waals surface area contributed by atoms with Crippen molar-refractivity contribution in [3.05, 3.63) is 29.8 Å². The van der Waals surface area contributed by atoms with Gasteiger partial charge in [0.2, 0.25) is 5.54 Å². The first-order valence-corrected chi connectivity index (χ1v) is 9.66. The lowest BCUT2D eigenvalue weighted by atomic mass is 9.81. The highest BCUT2D eigenvalue weighted by molar-refractivity contribution is 8.01. The van der Waals surface area contributed by atoms with Crippen LogP contribution < -0.4 is 10.2 Å². The fourth-order valence-electron chi connectivity index (χ4n) is 3.76. The van der Waals surface area contributed by atoms with Crippen LogP contribution in [-0.4, -0.2) is 69.4 Å². The first-order chi connectivity index (χ1) is 12.9. The predicted molar refractivity (Wildman–Crippen MR) is 105 cm³/mol. The number of β-lactam (4-membered cyclic amide) rings is 1. The second-order valence-electron chi connectivity index (χ2n) is 7.79. The number of carbonyl (C=O) groups is 4. The number of fused-ring (bicyclic) bond motifs is 1. The monoisotopic (exact) mass is 405 g/mol. The van der Waals surface area contributed by atoms with Crippen molar-refractivity contribution < 1.29 is 24.3 Å². The predicted octanol–water partition coefficient (Wildman–Crippen LogP) is 0.957. The standard InChI is InChI=1S/C19H23N3O5S/c1-10(23)19(20-14(24)11-7-6-8-12(9-11)21(4)5)16(27)22-13(15(25)26)18(2,3)28-17(19)22/h6-9,13,17H,1-5H3,(H,20,24)(H,25,26)/t13-,17+,19-/m0/s1. The van der Waals surface area contributed by atoms with Gasteiger partial charge in [0.05, 0.1) is 0 Å². The minimum Gasteiger partial charge on any atom is -0.480 e. The van der Waals surface area contributed by atoms with Crippen LogP contribution in [0.15, 0.2) is 24.3 Å². The van der Waals surface area contributed by atoms with E-state index in [9.17, 15) is 24.3 Å². The topological polar surface area (TPSA) is 107 Å².